The maximum Gasteiger partial charge on any atom is 0.122 e. The fourth-order valence-electron chi connectivity index (χ4n) is 1.45. The van der Waals surface area contributed by atoms with Crippen molar-refractivity contribution >= 4 is 0 Å². The second-order valence-corrected chi connectivity index (χ2v) is 3.60. The van der Waals surface area contributed by atoms with Crippen molar-refractivity contribution in [2.24, 2.45) is 0 Å². The molecule has 15 heavy (non-hydrogen) atoms. The molecule has 2 heteroatoms. The molecule has 0 aliphatic carbocycles. The van der Waals surface area contributed by atoms with Crippen LogP contribution in [-0.4, -0.2) is 6.61 Å². The van der Waals surface area contributed by atoms with E-state index in [1.54, 1.807) is 0 Å². The first kappa shape index (κ1) is 11.6. The monoisotopic (exact) mass is 203 g/mol. The molecule has 0 N–H and O–H groups in total. The maximum atomic E-state index is 8.44. The predicted molar refractivity (Wildman–Crippen MR) is 60.9 cm³/mol. The Balaban J connectivity index is 2.73. The Morgan fingerprint density at radius 3 is 2.80 bits per heavy atom. The van der Waals surface area contributed by atoms with E-state index in [9.17, 15) is 0 Å². The first-order valence-electron chi connectivity index (χ1n) is 5.38. The fourth-order valence-corrected chi connectivity index (χ4v) is 1.45. The lowest BCUT2D eigenvalue weighted by Crippen LogP contribution is -2.01. The molecule has 0 radical (unpaired) electrons. The molecule has 1 atom stereocenters. The van der Waals surface area contributed by atoms with Gasteiger partial charge in [0.1, 0.15) is 12.4 Å². The van der Waals surface area contributed by atoms with E-state index in [4.69, 9.17) is 10.00 Å². The van der Waals surface area contributed by atoms with Crippen molar-refractivity contribution in [2.75, 3.05) is 6.61 Å². The second-order valence-electron chi connectivity index (χ2n) is 3.60. The Morgan fingerprint density at radius 2 is 2.13 bits per heavy atom. The highest BCUT2D eigenvalue weighted by atomic mass is 16.5. The average molecular weight is 203 g/mol. The molecule has 0 saturated heterocycles. The van der Waals surface area contributed by atoms with Crippen LogP contribution in [0.3, 0.4) is 0 Å². The fraction of sp³-hybridized carbons (Fsp3) is 0.462. The van der Waals surface area contributed by atoms with Crippen LogP contribution in [0.2, 0.25) is 0 Å². The summed E-state index contributed by atoms with van der Waals surface area (Å²) in [7, 11) is 0. The van der Waals surface area contributed by atoms with Crippen molar-refractivity contribution in [1.82, 2.24) is 0 Å². The number of hydrogen-bond acceptors (Lipinski definition) is 2. The van der Waals surface area contributed by atoms with Gasteiger partial charge in [0.25, 0.3) is 0 Å². The molecule has 0 aromatic heterocycles. The Hall–Kier alpha value is -1.49. The SMILES string of the molecule is CCC(C)c1ccccc1OCCC#N. The quantitative estimate of drug-likeness (QED) is 0.686. The van der Waals surface area contributed by atoms with Crippen molar-refractivity contribution < 1.29 is 4.74 Å². The highest BCUT2D eigenvalue weighted by molar-refractivity contribution is 5.35. The summed E-state index contributed by atoms with van der Waals surface area (Å²) in [6.45, 7) is 4.83. The molecular formula is C13H17NO. The van der Waals surface area contributed by atoms with Gasteiger partial charge < -0.3 is 4.74 Å². The third-order valence-corrected chi connectivity index (χ3v) is 2.53. The van der Waals surface area contributed by atoms with Crippen LogP contribution in [0.1, 0.15) is 38.2 Å². The molecule has 0 bridgehead atoms. The molecular weight excluding hydrogens is 186 g/mol. The van der Waals surface area contributed by atoms with Crippen LogP contribution < -0.4 is 4.74 Å². The highest BCUT2D eigenvalue weighted by Gasteiger charge is 2.08. The van der Waals surface area contributed by atoms with Gasteiger partial charge in [-0.1, -0.05) is 32.0 Å². The van der Waals surface area contributed by atoms with E-state index in [-0.39, 0.29) is 0 Å². The lowest BCUT2D eigenvalue weighted by atomic mass is 9.98. The predicted octanol–water partition coefficient (Wildman–Crippen LogP) is 3.49. The summed E-state index contributed by atoms with van der Waals surface area (Å²) in [6, 6.07) is 10.1. The average Bonchev–Trinajstić information content (AvgIpc) is 2.29. The summed E-state index contributed by atoms with van der Waals surface area (Å²) in [4.78, 5) is 0. The van der Waals surface area contributed by atoms with Crippen molar-refractivity contribution in [2.45, 2.75) is 32.6 Å². The standard InChI is InChI=1S/C13H17NO/c1-3-11(2)12-7-4-5-8-13(12)15-10-6-9-14/h4-5,7-8,11H,3,6,10H2,1-2H3. The van der Waals surface area contributed by atoms with Gasteiger partial charge in [0.05, 0.1) is 12.5 Å². The number of nitrogens with zero attached hydrogens (tertiary/aromatic N) is 1. The first-order valence-corrected chi connectivity index (χ1v) is 5.38. The van der Waals surface area contributed by atoms with E-state index >= 15 is 0 Å². The summed E-state index contributed by atoms with van der Waals surface area (Å²) in [5.41, 5.74) is 1.23. The largest absolute Gasteiger partial charge is 0.492 e. The van der Waals surface area contributed by atoms with E-state index < -0.39 is 0 Å². The van der Waals surface area contributed by atoms with Gasteiger partial charge in [-0.15, -0.1) is 0 Å². The summed E-state index contributed by atoms with van der Waals surface area (Å²) in [5, 5.41) is 8.44. The minimum atomic E-state index is 0.439. The molecule has 1 rings (SSSR count). The molecule has 0 saturated carbocycles. The number of ether oxygens (including phenoxy) is 1. The molecule has 0 aliphatic heterocycles. The number of nitriles is 1. The summed E-state index contributed by atoms with van der Waals surface area (Å²) >= 11 is 0. The zero-order chi connectivity index (χ0) is 11.1. The van der Waals surface area contributed by atoms with Gasteiger partial charge in [-0.25, -0.2) is 0 Å². The molecule has 80 valence electrons. The second kappa shape index (κ2) is 6.08. The zero-order valence-electron chi connectivity index (χ0n) is 9.36. The molecule has 1 aromatic carbocycles. The lowest BCUT2D eigenvalue weighted by molar-refractivity contribution is 0.321. The Morgan fingerprint density at radius 1 is 1.40 bits per heavy atom. The normalized spacial score (nSPS) is 11.8. The number of hydrogen-bond donors (Lipinski definition) is 0. The topological polar surface area (TPSA) is 33.0 Å². The van der Waals surface area contributed by atoms with Crippen LogP contribution >= 0.6 is 0 Å². The first-order chi connectivity index (χ1) is 7.29. The van der Waals surface area contributed by atoms with Crippen LogP contribution in [0.5, 0.6) is 5.75 Å². The smallest absolute Gasteiger partial charge is 0.122 e. The Bertz CT molecular complexity index is 341. The summed E-state index contributed by atoms with van der Waals surface area (Å²) in [6.07, 6.45) is 1.54. The van der Waals surface area contributed by atoms with Gasteiger partial charge in [-0.05, 0) is 24.0 Å². The number of rotatable bonds is 5. The van der Waals surface area contributed by atoms with Gasteiger partial charge in [0.2, 0.25) is 0 Å². The summed E-state index contributed by atoms with van der Waals surface area (Å²) in [5.74, 6) is 1.42. The number of benzene rings is 1. The van der Waals surface area contributed by atoms with Crippen LogP contribution in [0.15, 0.2) is 24.3 Å². The van der Waals surface area contributed by atoms with E-state index in [1.807, 2.05) is 18.2 Å². The molecule has 0 heterocycles. The highest BCUT2D eigenvalue weighted by Crippen LogP contribution is 2.28. The number of para-hydroxylation sites is 1. The molecule has 1 unspecified atom stereocenters. The van der Waals surface area contributed by atoms with Crippen molar-refractivity contribution in [1.29, 1.82) is 5.26 Å². The third-order valence-electron chi connectivity index (χ3n) is 2.53. The minimum absolute atomic E-state index is 0.439. The van der Waals surface area contributed by atoms with E-state index in [2.05, 4.69) is 26.0 Å². The van der Waals surface area contributed by atoms with E-state index in [0.29, 0.717) is 18.9 Å². The lowest BCUT2D eigenvalue weighted by Gasteiger charge is -2.14. The van der Waals surface area contributed by atoms with Gasteiger partial charge in [0.15, 0.2) is 0 Å². The van der Waals surface area contributed by atoms with Crippen LogP contribution in [0, 0.1) is 11.3 Å². The van der Waals surface area contributed by atoms with Crippen molar-refractivity contribution in [3.63, 3.8) is 0 Å². The van der Waals surface area contributed by atoms with Gasteiger partial charge in [-0.3, -0.25) is 0 Å². The summed E-state index contributed by atoms with van der Waals surface area (Å²) < 4.78 is 5.58. The van der Waals surface area contributed by atoms with E-state index in [1.165, 1.54) is 5.56 Å². The van der Waals surface area contributed by atoms with Gasteiger partial charge in [0, 0.05) is 0 Å². The Labute approximate surface area is 91.5 Å². The molecule has 1 aromatic rings. The van der Waals surface area contributed by atoms with Crippen LogP contribution in [0.25, 0.3) is 0 Å². The molecule has 0 amide bonds. The van der Waals surface area contributed by atoms with Crippen LogP contribution in [-0.2, 0) is 0 Å². The Kier molecular flexibility index (Phi) is 4.70. The van der Waals surface area contributed by atoms with Crippen LogP contribution in [0.4, 0.5) is 0 Å². The van der Waals surface area contributed by atoms with Crippen molar-refractivity contribution in [3.8, 4) is 11.8 Å². The zero-order valence-corrected chi connectivity index (χ0v) is 9.36. The third kappa shape index (κ3) is 3.28. The van der Waals surface area contributed by atoms with Gasteiger partial charge >= 0.3 is 0 Å². The molecule has 2 nitrogen and oxygen atoms in total. The molecule has 0 spiro atoms. The maximum absolute atomic E-state index is 8.44. The van der Waals surface area contributed by atoms with E-state index in [0.717, 1.165) is 12.2 Å². The molecule has 0 aliphatic rings. The van der Waals surface area contributed by atoms with Crippen molar-refractivity contribution in [3.05, 3.63) is 29.8 Å². The molecule has 0 fully saturated rings. The van der Waals surface area contributed by atoms with Gasteiger partial charge in [-0.2, -0.15) is 5.26 Å². The minimum Gasteiger partial charge on any atom is -0.492 e.